The molecule has 0 aliphatic carbocycles. The maximum Gasteiger partial charge on any atom is 0.224 e. The molecule has 0 aliphatic heterocycles. The fraction of sp³-hybridized carbons (Fsp3) is 0.176. The van der Waals surface area contributed by atoms with Gasteiger partial charge >= 0.3 is 0 Å². The van der Waals surface area contributed by atoms with Crippen molar-refractivity contribution in [3.05, 3.63) is 48.5 Å². The summed E-state index contributed by atoms with van der Waals surface area (Å²) in [7, 11) is 0. The van der Waals surface area contributed by atoms with Crippen LogP contribution >= 0.6 is 0 Å². The minimum Gasteiger partial charge on any atom is -0.399 e. The Morgan fingerprint density at radius 3 is 1.39 bits per heavy atom. The molecule has 6 N–H and O–H groups in total. The third-order valence-corrected chi connectivity index (χ3v) is 3.20. The predicted molar refractivity (Wildman–Crippen MR) is 92.8 cm³/mol. The molecule has 0 fully saturated rings. The van der Waals surface area contributed by atoms with Gasteiger partial charge in [-0.2, -0.15) is 0 Å². The Hall–Kier alpha value is -3.02. The highest BCUT2D eigenvalue weighted by molar-refractivity contribution is 5.93. The van der Waals surface area contributed by atoms with Gasteiger partial charge < -0.3 is 22.1 Å². The zero-order valence-corrected chi connectivity index (χ0v) is 12.7. The molecule has 0 atom stereocenters. The fourth-order valence-corrected chi connectivity index (χ4v) is 1.99. The molecule has 0 aromatic heterocycles. The second-order valence-electron chi connectivity index (χ2n) is 5.19. The van der Waals surface area contributed by atoms with Gasteiger partial charge in [-0.3, -0.25) is 9.59 Å². The maximum atomic E-state index is 11.8. The Morgan fingerprint density at radius 1 is 0.696 bits per heavy atom. The van der Waals surface area contributed by atoms with Crippen LogP contribution in [0.4, 0.5) is 22.7 Å². The van der Waals surface area contributed by atoms with E-state index >= 15 is 0 Å². The van der Waals surface area contributed by atoms with Crippen molar-refractivity contribution in [2.75, 3.05) is 22.1 Å². The summed E-state index contributed by atoms with van der Waals surface area (Å²) in [5.41, 5.74) is 13.8. The number of nitrogen functional groups attached to an aromatic ring is 2. The molecule has 6 nitrogen and oxygen atoms in total. The summed E-state index contributed by atoms with van der Waals surface area (Å²) in [6.45, 7) is 0. The minimum absolute atomic E-state index is 0.130. The first-order valence-corrected chi connectivity index (χ1v) is 7.34. The van der Waals surface area contributed by atoms with Crippen LogP contribution in [0.25, 0.3) is 0 Å². The lowest BCUT2D eigenvalue weighted by molar-refractivity contribution is -0.117. The Bertz CT molecular complexity index is 606. The Labute approximate surface area is 134 Å². The molecular formula is C17H20N4O2. The van der Waals surface area contributed by atoms with Gasteiger partial charge in [-0.15, -0.1) is 0 Å². The Balaban J connectivity index is 1.69. The zero-order chi connectivity index (χ0) is 16.7. The lowest BCUT2D eigenvalue weighted by Gasteiger charge is -2.07. The summed E-state index contributed by atoms with van der Waals surface area (Å²) < 4.78 is 0. The molecule has 0 aliphatic rings. The second kappa shape index (κ2) is 7.84. The van der Waals surface area contributed by atoms with E-state index in [2.05, 4.69) is 10.6 Å². The zero-order valence-electron chi connectivity index (χ0n) is 12.7. The number of benzene rings is 2. The predicted octanol–water partition coefficient (Wildman–Crippen LogP) is 2.60. The highest BCUT2D eigenvalue weighted by Crippen LogP contribution is 2.13. The molecular weight excluding hydrogens is 292 g/mol. The summed E-state index contributed by atoms with van der Waals surface area (Å²) in [6, 6.07) is 13.8. The van der Waals surface area contributed by atoms with Crippen LogP contribution in [0.15, 0.2) is 48.5 Å². The number of rotatable bonds is 6. The average molecular weight is 312 g/mol. The van der Waals surface area contributed by atoms with Crippen molar-refractivity contribution in [3.8, 4) is 0 Å². The Morgan fingerprint density at radius 2 is 1.04 bits per heavy atom. The molecule has 2 rings (SSSR count). The number of anilines is 4. The minimum atomic E-state index is -0.130. The number of carbonyl (C=O) groups is 2. The van der Waals surface area contributed by atoms with Gasteiger partial charge in [0.05, 0.1) is 0 Å². The number of nitrogens with two attached hydrogens (primary N) is 2. The summed E-state index contributed by atoms with van der Waals surface area (Å²) in [5.74, 6) is -0.259. The Kier molecular flexibility index (Phi) is 5.57. The van der Waals surface area contributed by atoms with E-state index in [9.17, 15) is 9.59 Å². The van der Waals surface area contributed by atoms with Gasteiger partial charge in [0, 0.05) is 35.6 Å². The van der Waals surface area contributed by atoms with E-state index in [1.54, 1.807) is 48.5 Å². The van der Waals surface area contributed by atoms with Crippen molar-refractivity contribution in [1.82, 2.24) is 0 Å². The first kappa shape index (κ1) is 16.4. The van der Waals surface area contributed by atoms with Crippen molar-refractivity contribution in [1.29, 1.82) is 0 Å². The van der Waals surface area contributed by atoms with E-state index in [-0.39, 0.29) is 24.7 Å². The van der Waals surface area contributed by atoms with Crippen LogP contribution < -0.4 is 22.1 Å². The van der Waals surface area contributed by atoms with Gasteiger partial charge in [-0.25, -0.2) is 0 Å². The number of hydrogen-bond acceptors (Lipinski definition) is 4. The van der Waals surface area contributed by atoms with Crippen LogP contribution in [-0.4, -0.2) is 11.8 Å². The van der Waals surface area contributed by atoms with Gasteiger partial charge in [0.25, 0.3) is 0 Å². The topological polar surface area (TPSA) is 110 Å². The average Bonchev–Trinajstić information content (AvgIpc) is 2.52. The van der Waals surface area contributed by atoms with Gasteiger partial charge in [-0.05, 0) is 55.0 Å². The summed E-state index contributed by atoms with van der Waals surface area (Å²) >= 11 is 0. The maximum absolute atomic E-state index is 11.8. The van der Waals surface area contributed by atoms with Crippen LogP contribution in [0.1, 0.15) is 19.3 Å². The highest BCUT2D eigenvalue weighted by Gasteiger charge is 2.06. The first-order chi connectivity index (χ1) is 11.0. The van der Waals surface area contributed by atoms with E-state index in [1.165, 1.54) is 0 Å². The number of hydrogen-bond donors (Lipinski definition) is 4. The fourth-order valence-electron chi connectivity index (χ4n) is 1.99. The molecule has 0 saturated carbocycles. The van der Waals surface area contributed by atoms with Gasteiger partial charge in [0.15, 0.2) is 0 Å². The van der Waals surface area contributed by atoms with Crippen LogP contribution in [0.5, 0.6) is 0 Å². The van der Waals surface area contributed by atoms with E-state index in [1.807, 2.05) is 0 Å². The van der Waals surface area contributed by atoms with Crippen molar-refractivity contribution in [2.24, 2.45) is 0 Å². The standard InChI is InChI=1S/C17H20N4O2/c18-12-4-8-14(9-5-12)20-16(22)2-1-3-17(23)21-15-10-6-13(19)7-11-15/h4-11H,1-3,18-19H2,(H,20,22)(H,21,23). The van der Waals surface area contributed by atoms with Crippen molar-refractivity contribution in [3.63, 3.8) is 0 Å². The van der Waals surface area contributed by atoms with Crippen LogP contribution in [0, 0.1) is 0 Å². The molecule has 2 aromatic carbocycles. The second-order valence-corrected chi connectivity index (χ2v) is 5.19. The van der Waals surface area contributed by atoms with Crippen LogP contribution in [-0.2, 0) is 9.59 Å². The van der Waals surface area contributed by atoms with Crippen LogP contribution in [0.2, 0.25) is 0 Å². The monoisotopic (exact) mass is 312 g/mol. The largest absolute Gasteiger partial charge is 0.399 e. The van der Waals surface area contributed by atoms with Crippen molar-refractivity contribution >= 4 is 34.6 Å². The molecule has 0 heterocycles. The molecule has 0 bridgehead atoms. The molecule has 0 unspecified atom stereocenters. The third-order valence-electron chi connectivity index (χ3n) is 3.20. The van der Waals surface area contributed by atoms with E-state index in [0.29, 0.717) is 29.2 Å². The van der Waals surface area contributed by atoms with E-state index < -0.39 is 0 Å². The third kappa shape index (κ3) is 5.70. The summed E-state index contributed by atoms with van der Waals surface area (Å²) in [5, 5.41) is 5.52. The van der Waals surface area contributed by atoms with E-state index in [4.69, 9.17) is 11.5 Å². The molecule has 0 radical (unpaired) electrons. The quantitative estimate of drug-likeness (QED) is 0.614. The number of carbonyl (C=O) groups excluding carboxylic acids is 2. The summed E-state index contributed by atoms with van der Waals surface area (Å²) in [4.78, 5) is 23.6. The molecule has 120 valence electrons. The molecule has 0 spiro atoms. The molecule has 6 heteroatoms. The normalized spacial score (nSPS) is 10.1. The molecule has 2 amide bonds. The van der Waals surface area contributed by atoms with Gasteiger partial charge in [0.2, 0.25) is 11.8 Å². The first-order valence-electron chi connectivity index (χ1n) is 7.34. The van der Waals surface area contributed by atoms with Gasteiger partial charge in [0.1, 0.15) is 0 Å². The smallest absolute Gasteiger partial charge is 0.224 e. The SMILES string of the molecule is Nc1ccc(NC(=O)CCCC(=O)Nc2ccc(N)cc2)cc1. The molecule has 2 aromatic rings. The number of nitrogens with one attached hydrogen (secondary N) is 2. The van der Waals surface area contributed by atoms with E-state index in [0.717, 1.165) is 0 Å². The molecule has 0 saturated heterocycles. The lowest BCUT2D eigenvalue weighted by Crippen LogP contribution is -2.14. The van der Waals surface area contributed by atoms with Crippen molar-refractivity contribution in [2.45, 2.75) is 19.3 Å². The molecule has 23 heavy (non-hydrogen) atoms. The lowest BCUT2D eigenvalue weighted by atomic mass is 10.2. The highest BCUT2D eigenvalue weighted by atomic mass is 16.2. The van der Waals surface area contributed by atoms with Gasteiger partial charge in [-0.1, -0.05) is 0 Å². The number of amides is 2. The summed E-state index contributed by atoms with van der Waals surface area (Å²) in [6.07, 6.45) is 1.03. The van der Waals surface area contributed by atoms with Crippen LogP contribution in [0.3, 0.4) is 0 Å². The van der Waals surface area contributed by atoms with Crippen molar-refractivity contribution < 1.29 is 9.59 Å².